The lowest BCUT2D eigenvalue weighted by molar-refractivity contribution is -0.179. The van der Waals surface area contributed by atoms with Crippen molar-refractivity contribution >= 4 is 17.2 Å². The first-order valence-corrected chi connectivity index (χ1v) is 10.1. The number of hydrogen-bond donors (Lipinski definition) is 1. The van der Waals surface area contributed by atoms with Crippen LogP contribution in [-0.2, 0) is 29.7 Å². The van der Waals surface area contributed by atoms with E-state index >= 15 is 0 Å². The number of carbonyl (C=O) groups excluding carboxylic acids is 1. The summed E-state index contributed by atoms with van der Waals surface area (Å²) >= 11 is 1.60. The number of amides is 1. The summed E-state index contributed by atoms with van der Waals surface area (Å²) in [5, 5.41) is 12.9. The van der Waals surface area contributed by atoms with Crippen molar-refractivity contribution in [1.82, 2.24) is 20.1 Å². The maximum absolute atomic E-state index is 13.0. The molecule has 0 aromatic carbocycles. The van der Waals surface area contributed by atoms with E-state index in [-0.39, 0.29) is 31.8 Å². The largest absolute Gasteiger partial charge is 0.392 e. The Morgan fingerprint density at radius 2 is 2.11 bits per heavy atom. The number of carbonyl (C=O) groups is 1. The number of fused-ring (bicyclic) bond motifs is 1. The van der Waals surface area contributed by atoms with Crippen molar-refractivity contribution in [2.75, 3.05) is 0 Å². The molecule has 1 amide bonds. The van der Waals surface area contributed by atoms with Gasteiger partial charge >= 0.3 is 6.18 Å². The monoisotopic (exact) mass is 398 g/mol. The van der Waals surface area contributed by atoms with Gasteiger partial charge in [0.2, 0.25) is 5.91 Å². The molecule has 1 saturated carbocycles. The molecule has 1 aliphatic heterocycles. The van der Waals surface area contributed by atoms with Gasteiger partial charge in [0.15, 0.2) is 5.82 Å². The minimum atomic E-state index is -4.21. The Bertz CT molecular complexity index is 809. The lowest BCUT2D eigenvalue weighted by Crippen LogP contribution is -2.42. The van der Waals surface area contributed by atoms with E-state index in [9.17, 15) is 18.0 Å². The number of hydrogen-bond acceptors (Lipinski definition) is 4. The summed E-state index contributed by atoms with van der Waals surface area (Å²) in [6, 6.07) is 3.96. The van der Waals surface area contributed by atoms with E-state index in [0.29, 0.717) is 11.6 Å². The van der Waals surface area contributed by atoms with Crippen molar-refractivity contribution in [3.8, 4) is 0 Å². The maximum atomic E-state index is 13.0. The number of alkyl halides is 3. The fourth-order valence-corrected chi connectivity index (χ4v) is 5.23. The van der Waals surface area contributed by atoms with Crippen LogP contribution in [0.3, 0.4) is 0 Å². The molecule has 9 heteroatoms. The highest BCUT2D eigenvalue weighted by Crippen LogP contribution is 2.43. The van der Waals surface area contributed by atoms with E-state index in [1.165, 1.54) is 0 Å². The van der Waals surface area contributed by atoms with Crippen LogP contribution >= 0.6 is 11.3 Å². The molecule has 1 atom stereocenters. The Hall–Kier alpha value is -1.90. The SMILES string of the molecule is O=C(NCc1nnc2n1CCC(C(F)(F)F)C2)C1(c2cccs2)CCCC1. The van der Waals surface area contributed by atoms with Gasteiger partial charge < -0.3 is 9.88 Å². The standard InChI is InChI=1S/C18H21F3N4OS/c19-18(20,21)12-5-8-25-14(10-12)23-24-15(25)11-22-16(26)17(6-1-2-7-17)13-4-3-9-27-13/h3-4,9,12H,1-2,5-8,10-11H2,(H,22,26). The zero-order valence-electron chi connectivity index (χ0n) is 14.8. The number of nitrogens with one attached hydrogen (secondary N) is 1. The van der Waals surface area contributed by atoms with Crippen LogP contribution in [-0.4, -0.2) is 26.8 Å². The van der Waals surface area contributed by atoms with E-state index in [0.717, 1.165) is 30.6 Å². The van der Waals surface area contributed by atoms with Gasteiger partial charge in [-0.2, -0.15) is 13.2 Å². The summed E-state index contributed by atoms with van der Waals surface area (Å²) in [6.07, 6.45) is -0.649. The quantitative estimate of drug-likeness (QED) is 0.856. The van der Waals surface area contributed by atoms with Crippen molar-refractivity contribution in [2.24, 2.45) is 5.92 Å². The maximum Gasteiger partial charge on any atom is 0.392 e. The number of aromatic nitrogens is 3. The molecule has 2 aromatic heterocycles. The molecule has 0 radical (unpaired) electrons. The first kappa shape index (κ1) is 18.5. The molecule has 1 N–H and O–H groups in total. The van der Waals surface area contributed by atoms with Gasteiger partial charge in [-0.25, -0.2) is 0 Å². The lowest BCUT2D eigenvalue weighted by Gasteiger charge is -2.27. The second-order valence-corrected chi connectivity index (χ2v) is 8.31. The van der Waals surface area contributed by atoms with Gasteiger partial charge in [-0.3, -0.25) is 4.79 Å². The predicted molar refractivity (Wildman–Crippen MR) is 94.2 cm³/mol. The highest BCUT2D eigenvalue weighted by atomic mass is 32.1. The van der Waals surface area contributed by atoms with Crippen molar-refractivity contribution in [2.45, 2.75) is 63.2 Å². The highest BCUT2D eigenvalue weighted by molar-refractivity contribution is 7.10. The molecule has 2 aromatic rings. The Morgan fingerprint density at radius 3 is 2.78 bits per heavy atom. The van der Waals surface area contributed by atoms with Gasteiger partial charge in [0.25, 0.3) is 0 Å². The molecule has 1 unspecified atom stereocenters. The van der Waals surface area contributed by atoms with E-state index < -0.39 is 17.5 Å². The lowest BCUT2D eigenvalue weighted by atomic mass is 9.83. The Kier molecular flexibility index (Phi) is 4.73. The molecule has 146 valence electrons. The average Bonchev–Trinajstić information content (AvgIpc) is 3.38. The number of rotatable bonds is 4. The molecular weight excluding hydrogens is 377 g/mol. The van der Waals surface area contributed by atoms with E-state index in [2.05, 4.69) is 15.5 Å². The molecule has 2 aliphatic rings. The van der Waals surface area contributed by atoms with E-state index in [1.54, 1.807) is 15.9 Å². The van der Waals surface area contributed by atoms with Gasteiger partial charge in [-0.1, -0.05) is 18.9 Å². The molecule has 0 spiro atoms. The van der Waals surface area contributed by atoms with Crippen molar-refractivity contribution in [1.29, 1.82) is 0 Å². The number of halogens is 3. The number of nitrogens with zero attached hydrogens (tertiary/aromatic N) is 3. The highest BCUT2D eigenvalue weighted by Gasteiger charge is 2.44. The third kappa shape index (κ3) is 3.37. The molecule has 4 rings (SSSR count). The minimum Gasteiger partial charge on any atom is -0.348 e. The first-order chi connectivity index (χ1) is 12.9. The molecule has 27 heavy (non-hydrogen) atoms. The van der Waals surface area contributed by atoms with E-state index in [1.807, 2.05) is 17.5 Å². The third-order valence-corrected chi connectivity index (χ3v) is 6.86. The predicted octanol–water partition coefficient (Wildman–Crippen LogP) is 3.59. The van der Waals surface area contributed by atoms with Crippen LogP contribution in [0, 0.1) is 5.92 Å². The second-order valence-electron chi connectivity index (χ2n) is 7.36. The number of thiophene rings is 1. The topological polar surface area (TPSA) is 59.8 Å². The Balaban J connectivity index is 1.46. The average molecular weight is 398 g/mol. The molecule has 0 bridgehead atoms. The van der Waals surface area contributed by atoms with Gasteiger partial charge in [0.1, 0.15) is 5.82 Å². The summed E-state index contributed by atoms with van der Waals surface area (Å²) in [4.78, 5) is 14.1. The van der Waals surface area contributed by atoms with Gasteiger partial charge in [-0.05, 0) is 30.7 Å². The van der Waals surface area contributed by atoms with Crippen LogP contribution in [0.15, 0.2) is 17.5 Å². The summed E-state index contributed by atoms with van der Waals surface area (Å²) in [6.45, 7) is 0.420. The molecule has 3 heterocycles. The fourth-order valence-electron chi connectivity index (χ4n) is 4.24. The van der Waals surface area contributed by atoms with Crippen LogP contribution in [0.4, 0.5) is 13.2 Å². The fraction of sp³-hybridized carbons (Fsp3) is 0.611. The summed E-state index contributed by atoms with van der Waals surface area (Å²) < 4.78 is 40.5. The molecule has 5 nitrogen and oxygen atoms in total. The summed E-state index contributed by atoms with van der Waals surface area (Å²) in [7, 11) is 0. The zero-order chi connectivity index (χ0) is 19.1. The normalized spacial score (nSPS) is 21.8. The molecular formula is C18H21F3N4OS. The van der Waals surface area contributed by atoms with Crippen LogP contribution in [0.5, 0.6) is 0 Å². The Morgan fingerprint density at radius 1 is 1.33 bits per heavy atom. The van der Waals surface area contributed by atoms with Crippen molar-refractivity contribution in [3.63, 3.8) is 0 Å². The minimum absolute atomic E-state index is 0.0224. The van der Waals surface area contributed by atoms with Gasteiger partial charge in [0.05, 0.1) is 17.9 Å². The third-order valence-electron chi connectivity index (χ3n) is 5.79. The Labute approximate surface area is 159 Å². The summed E-state index contributed by atoms with van der Waals surface area (Å²) in [5.74, 6) is -0.513. The van der Waals surface area contributed by atoms with E-state index in [4.69, 9.17) is 0 Å². The van der Waals surface area contributed by atoms with Gasteiger partial charge in [-0.15, -0.1) is 21.5 Å². The van der Waals surface area contributed by atoms with Crippen LogP contribution in [0.25, 0.3) is 0 Å². The zero-order valence-corrected chi connectivity index (χ0v) is 15.6. The van der Waals surface area contributed by atoms with Crippen LogP contribution in [0.1, 0.15) is 48.6 Å². The summed E-state index contributed by atoms with van der Waals surface area (Å²) in [5.41, 5.74) is -0.486. The van der Waals surface area contributed by atoms with Crippen LogP contribution in [0.2, 0.25) is 0 Å². The molecule has 1 fully saturated rings. The molecule has 0 saturated heterocycles. The van der Waals surface area contributed by atoms with Crippen LogP contribution < -0.4 is 5.32 Å². The van der Waals surface area contributed by atoms with Gasteiger partial charge in [0, 0.05) is 17.8 Å². The second kappa shape index (κ2) is 6.92. The first-order valence-electron chi connectivity index (χ1n) is 9.20. The molecule has 1 aliphatic carbocycles. The van der Waals surface area contributed by atoms with Crippen molar-refractivity contribution in [3.05, 3.63) is 34.0 Å². The van der Waals surface area contributed by atoms with Crippen molar-refractivity contribution < 1.29 is 18.0 Å². The smallest absolute Gasteiger partial charge is 0.348 e.